The molecule has 0 saturated heterocycles. The van der Waals surface area contributed by atoms with Crippen molar-refractivity contribution < 1.29 is 14.7 Å². The van der Waals surface area contributed by atoms with Crippen LogP contribution in [0.15, 0.2) is 12.1 Å². The zero-order valence-electron chi connectivity index (χ0n) is 6.32. The van der Waals surface area contributed by atoms with Gasteiger partial charge in [-0.2, -0.15) is 0 Å². The number of nitrogens with one attached hydrogen (secondary N) is 1. The summed E-state index contributed by atoms with van der Waals surface area (Å²) in [6.07, 6.45) is -0.692. The molecule has 1 heterocycles. The first-order chi connectivity index (χ1) is 6.13. The van der Waals surface area contributed by atoms with Gasteiger partial charge in [0.05, 0.1) is 5.56 Å². The number of carbonyl (C=O) groups excluding carboxylic acids is 1. The molecule has 0 unspecified atom stereocenters. The van der Waals surface area contributed by atoms with Gasteiger partial charge in [-0.25, -0.2) is 9.78 Å². The molecule has 2 N–H and O–H groups in total. The predicted octanol–water partition coefficient (Wildman–Crippen LogP) is 1.64. The van der Waals surface area contributed by atoms with Crippen LogP contribution in [0, 0.1) is 0 Å². The largest absolute Gasteiger partial charge is 0.465 e. The summed E-state index contributed by atoms with van der Waals surface area (Å²) in [6.45, 7) is 0. The van der Waals surface area contributed by atoms with Crippen LogP contribution in [-0.4, -0.2) is 22.5 Å². The monoisotopic (exact) mass is 200 g/mol. The highest BCUT2D eigenvalue weighted by Crippen LogP contribution is 2.14. The van der Waals surface area contributed by atoms with Gasteiger partial charge in [0.15, 0.2) is 6.29 Å². The van der Waals surface area contributed by atoms with E-state index >= 15 is 0 Å². The molecule has 1 rings (SSSR count). The van der Waals surface area contributed by atoms with Crippen molar-refractivity contribution in [3.05, 3.63) is 22.8 Å². The van der Waals surface area contributed by atoms with Gasteiger partial charge in [0, 0.05) is 0 Å². The summed E-state index contributed by atoms with van der Waals surface area (Å²) in [5.41, 5.74) is 0.220. The van der Waals surface area contributed by atoms with Crippen molar-refractivity contribution in [1.82, 2.24) is 4.98 Å². The van der Waals surface area contributed by atoms with Crippen LogP contribution in [0.2, 0.25) is 5.15 Å². The number of carbonyl (C=O) groups is 2. The molecule has 68 valence electrons. The zero-order chi connectivity index (χ0) is 9.84. The van der Waals surface area contributed by atoms with Crippen molar-refractivity contribution in [3.63, 3.8) is 0 Å². The van der Waals surface area contributed by atoms with E-state index in [2.05, 4.69) is 4.98 Å². The number of carboxylic acid groups (broad SMARTS) is 1. The molecule has 1 aromatic rings. The van der Waals surface area contributed by atoms with Crippen LogP contribution in [0.4, 0.5) is 10.6 Å². The number of hydrogen-bond donors (Lipinski definition) is 2. The Morgan fingerprint density at radius 1 is 1.62 bits per heavy atom. The Bertz CT molecular complexity index is 354. The fraction of sp³-hybridized carbons (Fsp3) is 0. The number of aldehydes is 1. The standard InChI is InChI=1S/C7H5ClN2O3/c8-6-4(3-11)1-2-5(9-6)10-7(12)13/h1-3H,(H,9,10)(H,12,13). The van der Waals surface area contributed by atoms with Gasteiger partial charge < -0.3 is 5.11 Å². The van der Waals surface area contributed by atoms with E-state index in [-0.39, 0.29) is 16.5 Å². The van der Waals surface area contributed by atoms with Gasteiger partial charge in [0.2, 0.25) is 0 Å². The summed E-state index contributed by atoms with van der Waals surface area (Å²) in [4.78, 5) is 24.1. The Morgan fingerprint density at radius 3 is 2.77 bits per heavy atom. The molecule has 1 aromatic heterocycles. The molecule has 0 aliphatic carbocycles. The molecule has 0 aromatic carbocycles. The summed E-state index contributed by atoms with van der Waals surface area (Å²) in [5.74, 6) is 0.0862. The average Bonchev–Trinajstić information content (AvgIpc) is 2.03. The third-order valence-corrected chi connectivity index (χ3v) is 1.54. The maximum absolute atomic E-state index is 10.3. The molecule has 0 aliphatic heterocycles. The third-order valence-electron chi connectivity index (χ3n) is 1.24. The number of pyridine rings is 1. The summed E-state index contributed by atoms with van der Waals surface area (Å²) >= 11 is 5.54. The SMILES string of the molecule is O=Cc1ccc(NC(=O)O)nc1Cl. The molecule has 1 amide bonds. The number of amides is 1. The van der Waals surface area contributed by atoms with Gasteiger partial charge in [-0.1, -0.05) is 11.6 Å². The fourth-order valence-electron chi connectivity index (χ4n) is 0.712. The molecule has 0 aliphatic rings. The van der Waals surface area contributed by atoms with Crippen molar-refractivity contribution in [3.8, 4) is 0 Å². The topological polar surface area (TPSA) is 79.3 Å². The van der Waals surface area contributed by atoms with E-state index < -0.39 is 6.09 Å². The molecular weight excluding hydrogens is 196 g/mol. The smallest absolute Gasteiger partial charge is 0.410 e. The van der Waals surface area contributed by atoms with E-state index in [1.165, 1.54) is 12.1 Å². The molecule has 0 bridgehead atoms. The van der Waals surface area contributed by atoms with E-state index in [1.807, 2.05) is 5.32 Å². The first kappa shape index (κ1) is 9.47. The molecule has 6 heteroatoms. The van der Waals surface area contributed by atoms with Crippen molar-refractivity contribution >= 4 is 29.8 Å². The normalized spacial score (nSPS) is 9.31. The van der Waals surface area contributed by atoms with Gasteiger partial charge in [0.1, 0.15) is 11.0 Å². The van der Waals surface area contributed by atoms with Crippen LogP contribution in [0.3, 0.4) is 0 Å². The van der Waals surface area contributed by atoms with Gasteiger partial charge in [-0.05, 0) is 12.1 Å². The van der Waals surface area contributed by atoms with Crippen LogP contribution in [0.1, 0.15) is 10.4 Å². The average molecular weight is 201 g/mol. The van der Waals surface area contributed by atoms with E-state index in [0.29, 0.717) is 6.29 Å². The lowest BCUT2D eigenvalue weighted by molar-refractivity contribution is 0.112. The molecule has 5 nitrogen and oxygen atoms in total. The Labute approximate surface area is 78.4 Å². The second kappa shape index (κ2) is 3.86. The molecule has 0 fully saturated rings. The Hall–Kier alpha value is -1.62. The van der Waals surface area contributed by atoms with Gasteiger partial charge in [-0.3, -0.25) is 10.1 Å². The fourth-order valence-corrected chi connectivity index (χ4v) is 0.911. The van der Waals surface area contributed by atoms with Crippen molar-refractivity contribution in [2.45, 2.75) is 0 Å². The van der Waals surface area contributed by atoms with E-state index in [9.17, 15) is 9.59 Å². The van der Waals surface area contributed by atoms with Crippen LogP contribution in [0.25, 0.3) is 0 Å². The molecule has 0 radical (unpaired) electrons. The zero-order valence-corrected chi connectivity index (χ0v) is 7.08. The third kappa shape index (κ3) is 2.41. The quantitative estimate of drug-likeness (QED) is 0.562. The molecule has 0 spiro atoms. The predicted molar refractivity (Wildman–Crippen MR) is 46.3 cm³/mol. The van der Waals surface area contributed by atoms with Gasteiger partial charge in [0.25, 0.3) is 0 Å². The minimum absolute atomic E-state index is 0.0266. The summed E-state index contributed by atoms with van der Waals surface area (Å²) in [7, 11) is 0. The number of rotatable bonds is 2. The maximum atomic E-state index is 10.3. The summed E-state index contributed by atoms with van der Waals surface area (Å²) in [6, 6.07) is 2.73. The molecule has 0 saturated carbocycles. The summed E-state index contributed by atoms with van der Waals surface area (Å²) < 4.78 is 0. The van der Waals surface area contributed by atoms with E-state index in [1.54, 1.807) is 0 Å². The Kier molecular flexibility index (Phi) is 2.81. The minimum atomic E-state index is -1.23. The molecule has 0 atom stereocenters. The molecule has 13 heavy (non-hydrogen) atoms. The van der Waals surface area contributed by atoms with Crippen molar-refractivity contribution in [2.24, 2.45) is 0 Å². The van der Waals surface area contributed by atoms with Gasteiger partial charge >= 0.3 is 6.09 Å². The summed E-state index contributed by atoms with van der Waals surface area (Å²) in [5, 5.41) is 10.3. The van der Waals surface area contributed by atoms with Crippen LogP contribution in [0.5, 0.6) is 0 Å². The number of nitrogens with zero attached hydrogens (tertiary/aromatic N) is 1. The van der Waals surface area contributed by atoms with Gasteiger partial charge in [-0.15, -0.1) is 0 Å². The van der Waals surface area contributed by atoms with Crippen molar-refractivity contribution in [1.29, 1.82) is 0 Å². The van der Waals surface area contributed by atoms with Crippen LogP contribution < -0.4 is 5.32 Å². The molecular formula is C7H5ClN2O3. The first-order valence-electron chi connectivity index (χ1n) is 3.25. The highest BCUT2D eigenvalue weighted by atomic mass is 35.5. The van der Waals surface area contributed by atoms with Crippen LogP contribution >= 0.6 is 11.6 Å². The number of halogens is 1. The number of anilines is 1. The lowest BCUT2D eigenvalue weighted by atomic mass is 10.3. The highest BCUT2D eigenvalue weighted by molar-refractivity contribution is 6.31. The van der Waals surface area contributed by atoms with E-state index in [0.717, 1.165) is 0 Å². The second-order valence-corrected chi connectivity index (χ2v) is 2.48. The Balaban J connectivity index is 2.95. The number of aromatic nitrogens is 1. The second-order valence-electron chi connectivity index (χ2n) is 2.12. The lowest BCUT2D eigenvalue weighted by Crippen LogP contribution is -2.08. The maximum Gasteiger partial charge on any atom is 0.410 e. The number of hydrogen-bond acceptors (Lipinski definition) is 3. The minimum Gasteiger partial charge on any atom is -0.465 e. The van der Waals surface area contributed by atoms with Crippen molar-refractivity contribution in [2.75, 3.05) is 5.32 Å². The Morgan fingerprint density at radius 2 is 2.31 bits per heavy atom. The first-order valence-corrected chi connectivity index (χ1v) is 3.63. The van der Waals surface area contributed by atoms with E-state index in [4.69, 9.17) is 16.7 Å². The highest BCUT2D eigenvalue weighted by Gasteiger charge is 2.03. The van der Waals surface area contributed by atoms with Crippen LogP contribution in [-0.2, 0) is 0 Å². The lowest BCUT2D eigenvalue weighted by Gasteiger charge is -2.00.